The van der Waals surface area contributed by atoms with Gasteiger partial charge in [-0.1, -0.05) is 103 Å². The molecular formula is C41H46ClN3O5. The van der Waals surface area contributed by atoms with Gasteiger partial charge in [-0.15, -0.1) is 13.2 Å². The number of carbonyl (C=O) groups excluding carboxylic acids is 3. The smallest absolute Gasteiger partial charge is 0.253 e. The van der Waals surface area contributed by atoms with Crippen molar-refractivity contribution in [3.63, 3.8) is 0 Å². The highest BCUT2D eigenvalue weighted by molar-refractivity contribution is 6.34. The number of rotatable bonds is 14. The predicted molar refractivity (Wildman–Crippen MR) is 196 cm³/mol. The summed E-state index contributed by atoms with van der Waals surface area (Å²) in [5.41, 5.74) is 0.952. The monoisotopic (exact) mass is 695 g/mol. The molecular weight excluding hydrogens is 650 g/mol. The van der Waals surface area contributed by atoms with Gasteiger partial charge in [-0.05, 0) is 55.4 Å². The highest BCUT2D eigenvalue weighted by atomic mass is 35.5. The Morgan fingerprint density at radius 2 is 1.64 bits per heavy atom. The molecule has 262 valence electrons. The minimum atomic E-state index is -1.30. The number of aryl methyl sites for hydroxylation is 1. The van der Waals surface area contributed by atoms with Gasteiger partial charge in [0.15, 0.2) is 0 Å². The normalized spacial score (nSPS) is 25.6. The Balaban J connectivity index is 1.49. The number of aliphatic hydroxyl groups is 1. The third-order valence-corrected chi connectivity index (χ3v) is 11.3. The number of amides is 3. The van der Waals surface area contributed by atoms with E-state index in [1.807, 2.05) is 86.6 Å². The number of ether oxygens (including phenoxy) is 1. The number of para-hydroxylation sites is 1. The van der Waals surface area contributed by atoms with Crippen molar-refractivity contribution in [2.75, 3.05) is 24.6 Å². The molecule has 50 heavy (non-hydrogen) atoms. The van der Waals surface area contributed by atoms with E-state index >= 15 is 9.59 Å². The van der Waals surface area contributed by atoms with Gasteiger partial charge in [-0.25, -0.2) is 0 Å². The molecule has 3 amide bonds. The molecule has 8 nitrogen and oxygen atoms in total. The van der Waals surface area contributed by atoms with Crippen LogP contribution < -0.4 is 4.90 Å². The van der Waals surface area contributed by atoms with Crippen LogP contribution in [0, 0.1) is 18.8 Å². The molecule has 3 aliphatic heterocycles. The van der Waals surface area contributed by atoms with E-state index in [-0.39, 0.29) is 37.4 Å². The molecule has 3 fully saturated rings. The highest BCUT2D eigenvalue weighted by Crippen LogP contribution is 2.65. The van der Waals surface area contributed by atoms with Crippen LogP contribution in [0.15, 0.2) is 104 Å². The number of hydrogen-bond acceptors (Lipinski definition) is 5. The van der Waals surface area contributed by atoms with E-state index in [1.54, 1.807) is 32.9 Å². The summed E-state index contributed by atoms with van der Waals surface area (Å²) in [5, 5.41) is 11.3. The SMILES string of the molecule is C=CCN(Cc1ccccc1)C(=O)[C@H]1[C@H]2C(=O)N([C@@H](CO)Cc3ccccc3)C(C(=O)N(CC=C)c3c(C)cccc3Cl)C23CC[C@]1(CC)O3. The van der Waals surface area contributed by atoms with Crippen LogP contribution >= 0.6 is 11.6 Å². The van der Waals surface area contributed by atoms with Crippen molar-refractivity contribution in [3.8, 4) is 0 Å². The molecule has 3 aliphatic rings. The van der Waals surface area contributed by atoms with Crippen LogP contribution in [0.25, 0.3) is 0 Å². The van der Waals surface area contributed by atoms with Crippen LogP contribution in [0.3, 0.4) is 0 Å². The maximum Gasteiger partial charge on any atom is 0.253 e. The lowest BCUT2D eigenvalue weighted by molar-refractivity contribution is -0.153. The van der Waals surface area contributed by atoms with E-state index in [0.29, 0.717) is 42.9 Å². The summed E-state index contributed by atoms with van der Waals surface area (Å²) < 4.78 is 7.11. The molecule has 0 aromatic heterocycles. The molecule has 1 N–H and O–H groups in total. The first-order chi connectivity index (χ1) is 24.2. The second-order valence-corrected chi connectivity index (χ2v) is 14.1. The molecule has 3 saturated heterocycles. The molecule has 6 rings (SSSR count). The fraction of sp³-hybridized carbons (Fsp3) is 0.390. The van der Waals surface area contributed by atoms with Crippen molar-refractivity contribution in [2.24, 2.45) is 11.8 Å². The van der Waals surface area contributed by atoms with Gasteiger partial charge in [0.1, 0.15) is 11.6 Å². The van der Waals surface area contributed by atoms with Gasteiger partial charge >= 0.3 is 0 Å². The van der Waals surface area contributed by atoms with Crippen molar-refractivity contribution in [1.29, 1.82) is 0 Å². The minimum Gasteiger partial charge on any atom is -0.394 e. The van der Waals surface area contributed by atoms with Crippen molar-refractivity contribution in [2.45, 2.75) is 69.4 Å². The van der Waals surface area contributed by atoms with Crippen molar-refractivity contribution in [1.82, 2.24) is 9.80 Å². The number of hydrogen-bond donors (Lipinski definition) is 1. The Bertz CT molecular complexity index is 1730. The molecule has 0 aliphatic carbocycles. The zero-order valence-electron chi connectivity index (χ0n) is 28.8. The third-order valence-electron chi connectivity index (χ3n) is 11.0. The number of carbonyl (C=O) groups is 3. The number of aliphatic hydroxyl groups excluding tert-OH is 1. The maximum absolute atomic E-state index is 15.3. The number of anilines is 1. The molecule has 1 spiro atoms. The van der Waals surface area contributed by atoms with E-state index in [1.165, 1.54) is 0 Å². The van der Waals surface area contributed by atoms with Gasteiger partial charge in [-0.2, -0.15) is 0 Å². The summed E-state index contributed by atoms with van der Waals surface area (Å²) in [6.45, 7) is 12.1. The topological polar surface area (TPSA) is 90.4 Å². The van der Waals surface area contributed by atoms with Gasteiger partial charge in [0.2, 0.25) is 11.8 Å². The Morgan fingerprint density at radius 1 is 0.980 bits per heavy atom. The number of fused-ring (bicyclic) bond motifs is 1. The van der Waals surface area contributed by atoms with Gasteiger partial charge in [-0.3, -0.25) is 14.4 Å². The Labute approximate surface area is 300 Å². The lowest BCUT2D eigenvalue weighted by atomic mass is 9.64. The molecule has 0 saturated carbocycles. The van der Waals surface area contributed by atoms with Crippen molar-refractivity contribution < 1.29 is 24.2 Å². The van der Waals surface area contributed by atoms with Crippen molar-refractivity contribution in [3.05, 3.63) is 126 Å². The molecule has 3 aromatic carbocycles. The van der Waals surface area contributed by atoms with E-state index < -0.39 is 35.1 Å². The van der Waals surface area contributed by atoms with Crippen LogP contribution in [-0.2, 0) is 32.1 Å². The van der Waals surface area contributed by atoms with Crippen LogP contribution in [0.4, 0.5) is 5.69 Å². The molecule has 0 radical (unpaired) electrons. The van der Waals surface area contributed by atoms with Crippen molar-refractivity contribution >= 4 is 35.0 Å². The predicted octanol–water partition coefficient (Wildman–Crippen LogP) is 6.14. The van der Waals surface area contributed by atoms with Crippen LogP contribution in [0.1, 0.15) is 42.9 Å². The van der Waals surface area contributed by atoms with E-state index in [2.05, 4.69) is 13.2 Å². The average molecular weight is 696 g/mol. The second-order valence-electron chi connectivity index (χ2n) is 13.7. The Hall–Kier alpha value is -4.24. The summed E-state index contributed by atoms with van der Waals surface area (Å²) in [6, 6.07) is 22.9. The summed E-state index contributed by atoms with van der Waals surface area (Å²) in [4.78, 5) is 50.2. The number of halogens is 1. The standard InChI is InChI=1S/C41H46ClN3O5/c1-5-23-43(26-30-18-12-9-13-19-30)37(47)33-34-38(48)45(31(27-46)25-29-16-10-8-11-17-29)36(41(34)22-21-40(33,7-3)50-41)39(49)44(24-6-2)35-28(4)15-14-20-32(35)42/h5-6,8-20,31,33-34,36,46H,1-2,7,21-27H2,3-4H3/t31-,33-,34+,36?,40+,41?/m1/s1. The van der Waals surface area contributed by atoms with Crippen LogP contribution in [0.2, 0.25) is 5.02 Å². The average Bonchev–Trinajstić information content (AvgIpc) is 3.73. The summed E-state index contributed by atoms with van der Waals surface area (Å²) in [7, 11) is 0. The molecule has 3 aromatic rings. The number of nitrogens with zero attached hydrogens (tertiary/aromatic N) is 3. The Kier molecular flexibility index (Phi) is 10.4. The molecule has 2 bridgehead atoms. The summed E-state index contributed by atoms with van der Waals surface area (Å²) in [6.07, 6.45) is 5.07. The molecule has 3 heterocycles. The Morgan fingerprint density at radius 3 is 2.24 bits per heavy atom. The molecule has 6 atom stereocenters. The zero-order valence-corrected chi connectivity index (χ0v) is 29.6. The third kappa shape index (κ3) is 5.97. The lowest BCUT2D eigenvalue weighted by Gasteiger charge is -2.40. The van der Waals surface area contributed by atoms with E-state index in [0.717, 1.165) is 16.7 Å². The quantitative estimate of drug-likeness (QED) is 0.205. The lowest BCUT2D eigenvalue weighted by Crippen LogP contribution is -2.59. The number of benzene rings is 3. The van der Waals surface area contributed by atoms with Gasteiger partial charge in [0.25, 0.3) is 5.91 Å². The first-order valence-corrected chi connectivity index (χ1v) is 17.8. The van der Waals surface area contributed by atoms with Crippen LogP contribution in [-0.4, -0.2) is 75.6 Å². The van der Waals surface area contributed by atoms with Gasteiger partial charge < -0.3 is 24.5 Å². The highest BCUT2D eigenvalue weighted by Gasteiger charge is 2.79. The summed E-state index contributed by atoms with van der Waals surface area (Å²) in [5.74, 6) is -2.68. The fourth-order valence-electron chi connectivity index (χ4n) is 8.76. The van der Waals surface area contributed by atoms with E-state index in [4.69, 9.17) is 16.3 Å². The van der Waals surface area contributed by atoms with Gasteiger partial charge in [0.05, 0.1) is 40.8 Å². The zero-order chi connectivity index (χ0) is 35.6. The fourth-order valence-corrected chi connectivity index (χ4v) is 9.09. The van der Waals surface area contributed by atoms with Crippen LogP contribution in [0.5, 0.6) is 0 Å². The van der Waals surface area contributed by atoms with E-state index in [9.17, 15) is 9.90 Å². The molecule has 2 unspecified atom stereocenters. The summed E-state index contributed by atoms with van der Waals surface area (Å²) >= 11 is 6.76. The minimum absolute atomic E-state index is 0.136. The second kappa shape index (κ2) is 14.5. The largest absolute Gasteiger partial charge is 0.394 e. The first-order valence-electron chi connectivity index (χ1n) is 17.4. The maximum atomic E-state index is 15.3. The molecule has 9 heteroatoms. The number of likely N-dealkylation sites (tertiary alicyclic amines) is 1. The first kappa shape index (κ1) is 35.6. The van der Waals surface area contributed by atoms with Gasteiger partial charge in [0, 0.05) is 19.6 Å².